The smallest absolute Gasteiger partial charge is 0.383 e. The van der Waals surface area contributed by atoms with E-state index in [2.05, 4.69) is 0 Å². The third kappa shape index (κ3) is 3.88. The highest BCUT2D eigenvalue weighted by Crippen LogP contribution is 2.33. The van der Waals surface area contributed by atoms with Crippen molar-refractivity contribution in [1.82, 2.24) is 4.90 Å². The van der Waals surface area contributed by atoms with Crippen LogP contribution >= 0.6 is 0 Å². The van der Waals surface area contributed by atoms with E-state index < -0.39 is 29.4 Å². The molecular formula is C17H21F4NO2. The highest BCUT2D eigenvalue weighted by Gasteiger charge is 2.45. The van der Waals surface area contributed by atoms with Gasteiger partial charge in [-0.1, -0.05) is 12.1 Å². The summed E-state index contributed by atoms with van der Waals surface area (Å²) in [6.45, 7) is 3.75. The van der Waals surface area contributed by atoms with Gasteiger partial charge in [0.1, 0.15) is 5.82 Å². The summed E-state index contributed by atoms with van der Waals surface area (Å²) >= 11 is 0. The first-order chi connectivity index (χ1) is 11.0. The Labute approximate surface area is 138 Å². The van der Waals surface area contributed by atoms with Gasteiger partial charge in [0, 0.05) is 13.1 Å². The number of carbonyl (C=O) groups is 1. The highest BCUT2D eigenvalue weighted by atomic mass is 19.4. The second-order valence-electron chi connectivity index (χ2n) is 6.75. The molecule has 134 valence electrons. The Morgan fingerprint density at radius 1 is 1.17 bits per heavy atom. The van der Waals surface area contributed by atoms with Crippen LogP contribution in [0.4, 0.5) is 17.6 Å². The third-order valence-electron chi connectivity index (χ3n) is 4.71. The van der Waals surface area contributed by atoms with Gasteiger partial charge in [0.25, 0.3) is 0 Å². The zero-order valence-corrected chi connectivity index (χ0v) is 13.6. The molecule has 1 aliphatic heterocycles. The van der Waals surface area contributed by atoms with E-state index in [1.165, 1.54) is 29.2 Å². The van der Waals surface area contributed by atoms with Crippen molar-refractivity contribution in [2.24, 2.45) is 5.92 Å². The van der Waals surface area contributed by atoms with Crippen molar-refractivity contribution in [2.45, 2.75) is 44.4 Å². The molecule has 1 aromatic rings. The van der Waals surface area contributed by atoms with Crippen molar-refractivity contribution in [3.8, 4) is 0 Å². The van der Waals surface area contributed by atoms with Crippen LogP contribution in [0.2, 0.25) is 0 Å². The van der Waals surface area contributed by atoms with Crippen LogP contribution in [0.25, 0.3) is 0 Å². The van der Waals surface area contributed by atoms with Gasteiger partial charge in [0.05, 0.1) is 5.41 Å². The van der Waals surface area contributed by atoms with Gasteiger partial charge in [-0.25, -0.2) is 4.39 Å². The second kappa shape index (κ2) is 6.70. The van der Waals surface area contributed by atoms with Crippen LogP contribution in [-0.2, 0) is 10.2 Å². The van der Waals surface area contributed by atoms with Gasteiger partial charge in [0.15, 0.2) is 6.10 Å². The standard InChI is InChI=1S/C17H21F4NO2/c1-16(2,12-3-5-13(18)6-4-12)15(24)22-9-7-11(8-10-22)14(23)17(19,20)21/h3-6,11,14,23H,7-10H2,1-2H3. The number of piperidine rings is 1. The van der Waals surface area contributed by atoms with E-state index in [9.17, 15) is 27.5 Å². The monoisotopic (exact) mass is 347 g/mol. The maximum Gasteiger partial charge on any atom is 0.414 e. The number of alkyl halides is 3. The fourth-order valence-electron chi connectivity index (χ4n) is 3.07. The number of hydrogen-bond donors (Lipinski definition) is 1. The predicted molar refractivity (Wildman–Crippen MR) is 80.8 cm³/mol. The fourth-order valence-corrected chi connectivity index (χ4v) is 3.07. The Bertz CT molecular complexity index is 575. The summed E-state index contributed by atoms with van der Waals surface area (Å²) in [7, 11) is 0. The average molecular weight is 347 g/mol. The van der Waals surface area contributed by atoms with E-state index >= 15 is 0 Å². The number of benzene rings is 1. The van der Waals surface area contributed by atoms with E-state index in [1.807, 2.05) is 0 Å². The molecule has 1 amide bonds. The van der Waals surface area contributed by atoms with Gasteiger partial charge >= 0.3 is 6.18 Å². The van der Waals surface area contributed by atoms with E-state index in [4.69, 9.17) is 0 Å². The first kappa shape index (κ1) is 18.7. The van der Waals surface area contributed by atoms with E-state index in [1.54, 1.807) is 13.8 Å². The number of aliphatic hydroxyl groups is 1. The first-order valence-corrected chi connectivity index (χ1v) is 7.83. The van der Waals surface area contributed by atoms with Gasteiger partial charge < -0.3 is 10.0 Å². The van der Waals surface area contributed by atoms with Crippen LogP contribution < -0.4 is 0 Å². The number of amides is 1. The molecule has 0 spiro atoms. The number of carbonyl (C=O) groups excluding carboxylic acids is 1. The van der Waals surface area contributed by atoms with Gasteiger partial charge in [-0.2, -0.15) is 13.2 Å². The van der Waals surface area contributed by atoms with E-state index in [0.29, 0.717) is 5.56 Å². The summed E-state index contributed by atoms with van der Waals surface area (Å²) in [6.07, 6.45) is -6.78. The minimum absolute atomic E-state index is 0.103. The molecule has 0 radical (unpaired) electrons. The number of halogens is 4. The summed E-state index contributed by atoms with van der Waals surface area (Å²) < 4.78 is 50.7. The molecule has 0 bridgehead atoms. The SMILES string of the molecule is CC(C)(C(=O)N1CCC(C(O)C(F)(F)F)CC1)c1ccc(F)cc1. The number of rotatable bonds is 3. The zero-order chi connectivity index (χ0) is 18.1. The molecule has 1 aliphatic rings. The Hall–Kier alpha value is -1.63. The molecule has 2 rings (SSSR count). The quantitative estimate of drug-likeness (QED) is 0.853. The Morgan fingerprint density at radius 2 is 1.67 bits per heavy atom. The Kier molecular flexibility index (Phi) is 5.22. The number of hydrogen-bond acceptors (Lipinski definition) is 2. The maximum absolute atomic E-state index is 13.0. The second-order valence-corrected chi connectivity index (χ2v) is 6.75. The Balaban J connectivity index is 2.03. The topological polar surface area (TPSA) is 40.5 Å². The van der Waals surface area contributed by atoms with Crippen molar-refractivity contribution >= 4 is 5.91 Å². The molecule has 1 fully saturated rings. The normalized spacial score (nSPS) is 18.5. The minimum Gasteiger partial charge on any atom is -0.383 e. The Morgan fingerprint density at radius 3 is 2.12 bits per heavy atom. The molecule has 1 heterocycles. The molecule has 0 saturated carbocycles. The van der Waals surface area contributed by atoms with E-state index in [-0.39, 0.29) is 31.8 Å². The lowest BCUT2D eigenvalue weighted by Gasteiger charge is -2.38. The fraction of sp³-hybridized carbons (Fsp3) is 0.588. The van der Waals surface area contributed by atoms with Gasteiger partial charge in [-0.3, -0.25) is 4.79 Å². The molecule has 1 aromatic carbocycles. The third-order valence-corrected chi connectivity index (χ3v) is 4.71. The van der Waals surface area contributed by atoms with Crippen molar-refractivity contribution in [3.05, 3.63) is 35.6 Å². The molecule has 1 N–H and O–H groups in total. The molecular weight excluding hydrogens is 326 g/mol. The summed E-state index contributed by atoms with van der Waals surface area (Å²) in [4.78, 5) is 14.2. The van der Waals surface area contributed by atoms with E-state index in [0.717, 1.165) is 0 Å². The molecule has 1 unspecified atom stereocenters. The molecule has 24 heavy (non-hydrogen) atoms. The average Bonchev–Trinajstić information content (AvgIpc) is 2.53. The predicted octanol–water partition coefficient (Wildman–Crippen LogP) is 3.27. The molecule has 0 aromatic heterocycles. The van der Waals surface area contributed by atoms with Crippen LogP contribution in [0.3, 0.4) is 0 Å². The van der Waals surface area contributed by atoms with Crippen molar-refractivity contribution in [2.75, 3.05) is 13.1 Å². The van der Waals surface area contributed by atoms with Crippen LogP contribution in [0.15, 0.2) is 24.3 Å². The van der Waals surface area contributed by atoms with Crippen molar-refractivity contribution in [3.63, 3.8) is 0 Å². The molecule has 3 nitrogen and oxygen atoms in total. The summed E-state index contributed by atoms with van der Waals surface area (Å²) in [6, 6.07) is 5.62. The van der Waals surface area contributed by atoms with Gasteiger partial charge in [0.2, 0.25) is 5.91 Å². The summed E-state index contributed by atoms with van der Waals surface area (Å²) in [5.41, 5.74) is -0.255. The number of nitrogens with zero attached hydrogens (tertiary/aromatic N) is 1. The number of aliphatic hydroxyl groups excluding tert-OH is 1. The summed E-state index contributed by atoms with van der Waals surface area (Å²) in [5, 5.41) is 9.34. The van der Waals surface area contributed by atoms with Gasteiger partial charge in [-0.15, -0.1) is 0 Å². The first-order valence-electron chi connectivity index (χ1n) is 7.83. The highest BCUT2D eigenvalue weighted by molar-refractivity contribution is 5.87. The zero-order valence-electron chi connectivity index (χ0n) is 13.6. The lowest BCUT2D eigenvalue weighted by atomic mass is 9.82. The van der Waals surface area contributed by atoms with Crippen LogP contribution in [0.5, 0.6) is 0 Å². The van der Waals surface area contributed by atoms with Crippen molar-refractivity contribution < 1.29 is 27.5 Å². The summed E-state index contributed by atoms with van der Waals surface area (Å²) in [5.74, 6) is -1.50. The molecule has 1 saturated heterocycles. The maximum atomic E-state index is 13.0. The minimum atomic E-state index is -4.63. The lowest BCUT2D eigenvalue weighted by Crippen LogP contribution is -2.49. The number of likely N-dealkylation sites (tertiary alicyclic amines) is 1. The lowest BCUT2D eigenvalue weighted by molar-refractivity contribution is -0.223. The molecule has 0 aliphatic carbocycles. The van der Waals surface area contributed by atoms with Crippen LogP contribution in [0, 0.1) is 11.7 Å². The van der Waals surface area contributed by atoms with Crippen LogP contribution in [-0.4, -0.2) is 41.3 Å². The van der Waals surface area contributed by atoms with Crippen LogP contribution in [0.1, 0.15) is 32.3 Å². The largest absolute Gasteiger partial charge is 0.414 e. The molecule has 1 atom stereocenters. The van der Waals surface area contributed by atoms with Crippen molar-refractivity contribution in [1.29, 1.82) is 0 Å². The van der Waals surface area contributed by atoms with Gasteiger partial charge in [-0.05, 0) is 50.3 Å². The molecule has 7 heteroatoms.